The van der Waals surface area contributed by atoms with E-state index < -0.39 is 0 Å². The average molecular weight is 203 g/mol. The van der Waals surface area contributed by atoms with Crippen LogP contribution in [0.3, 0.4) is 0 Å². The Hall–Kier alpha value is -1.51. The first-order valence-electron chi connectivity index (χ1n) is 5.33. The lowest BCUT2D eigenvalue weighted by Crippen LogP contribution is -2.43. The van der Waals surface area contributed by atoms with Gasteiger partial charge in [0.05, 0.1) is 0 Å². The van der Waals surface area contributed by atoms with Crippen molar-refractivity contribution >= 4 is 6.09 Å². The zero-order valence-electron chi connectivity index (χ0n) is 8.45. The highest BCUT2D eigenvalue weighted by Gasteiger charge is 2.43. The molecule has 3 nitrogen and oxygen atoms in total. The number of benzene rings is 1. The topological polar surface area (TPSA) is 38.3 Å². The highest BCUT2D eigenvalue weighted by atomic mass is 16.6. The van der Waals surface area contributed by atoms with Crippen LogP contribution in [0.2, 0.25) is 0 Å². The fraction of sp³-hybridized carbons (Fsp3) is 0.417. The van der Waals surface area contributed by atoms with E-state index in [1.807, 2.05) is 6.07 Å². The molecule has 3 rings (SSSR count). The number of hydrogen-bond acceptors (Lipinski definition) is 2. The summed E-state index contributed by atoms with van der Waals surface area (Å²) in [4.78, 5) is 11.2. The first-order valence-corrected chi connectivity index (χ1v) is 5.33. The molecule has 1 spiro atoms. The molecule has 1 unspecified atom stereocenters. The predicted molar refractivity (Wildman–Crippen MR) is 55.5 cm³/mol. The van der Waals surface area contributed by atoms with Crippen LogP contribution in [0, 0.1) is 0 Å². The Balaban J connectivity index is 2.09. The Labute approximate surface area is 88.4 Å². The molecule has 1 fully saturated rings. The first kappa shape index (κ1) is 8.77. The minimum absolute atomic E-state index is 0.244. The first-order chi connectivity index (χ1) is 7.30. The molecule has 2 aliphatic rings. The maximum atomic E-state index is 11.2. The number of nitrogens with one attached hydrogen (secondary N) is 1. The number of amides is 1. The summed E-state index contributed by atoms with van der Waals surface area (Å²) < 4.78 is 5.05. The number of ether oxygens (including phenoxy) is 1. The molecule has 0 bridgehead atoms. The molecule has 3 heteroatoms. The van der Waals surface area contributed by atoms with Gasteiger partial charge < -0.3 is 10.1 Å². The van der Waals surface area contributed by atoms with Crippen molar-refractivity contribution in [1.29, 1.82) is 0 Å². The number of cyclic esters (lactones) is 1. The van der Waals surface area contributed by atoms with E-state index in [4.69, 9.17) is 4.74 Å². The standard InChI is InChI=1S/C12H13NO2/c14-11-13-12(8-15-11)7-3-5-9-4-1-2-6-10(9)12/h1-2,4,6H,3,5,7-8H2,(H,13,14). The van der Waals surface area contributed by atoms with Crippen molar-refractivity contribution in [2.75, 3.05) is 6.61 Å². The van der Waals surface area contributed by atoms with Crippen LogP contribution in [-0.2, 0) is 16.7 Å². The average Bonchev–Trinajstić information content (AvgIpc) is 2.62. The molecule has 78 valence electrons. The molecule has 1 aliphatic heterocycles. The molecule has 15 heavy (non-hydrogen) atoms. The second kappa shape index (κ2) is 2.99. The van der Waals surface area contributed by atoms with Crippen LogP contribution in [0.4, 0.5) is 4.79 Å². The zero-order chi connectivity index (χ0) is 10.3. The fourth-order valence-corrected chi connectivity index (χ4v) is 2.66. The highest BCUT2D eigenvalue weighted by molar-refractivity contribution is 5.71. The minimum Gasteiger partial charge on any atom is -0.447 e. The van der Waals surface area contributed by atoms with Crippen molar-refractivity contribution in [3.8, 4) is 0 Å². The van der Waals surface area contributed by atoms with E-state index in [1.165, 1.54) is 11.1 Å². The van der Waals surface area contributed by atoms with Crippen molar-refractivity contribution in [3.05, 3.63) is 35.4 Å². The van der Waals surface area contributed by atoms with Gasteiger partial charge >= 0.3 is 6.09 Å². The van der Waals surface area contributed by atoms with E-state index >= 15 is 0 Å². The zero-order valence-corrected chi connectivity index (χ0v) is 8.45. The molecule has 1 aromatic carbocycles. The van der Waals surface area contributed by atoms with Gasteiger partial charge in [-0.3, -0.25) is 0 Å². The molecule has 1 atom stereocenters. The summed E-state index contributed by atoms with van der Waals surface area (Å²) in [5.41, 5.74) is 2.34. The Morgan fingerprint density at radius 1 is 1.33 bits per heavy atom. The van der Waals surface area contributed by atoms with E-state index in [0.717, 1.165) is 19.3 Å². The number of rotatable bonds is 0. The van der Waals surface area contributed by atoms with Gasteiger partial charge in [-0.05, 0) is 30.4 Å². The number of aryl methyl sites for hydroxylation is 1. The number of hydrogen-bond donors (Lipinski definition) is 1. The summed E-state index contributed by atoms with van der Waals surface area (Å²) in [6.45, 7) is 0.475. The SMILES string of the molecule is O=C1NC2(CCCc3ccccc32)CO1. The van der Waals surface area contributed by atoms with E-state index in [2.05, 4.69) is 23.5 Å². The summed E-state index contributed by atoms with van der Waals surface area (Å²) in [5, 5.41) is 2.96. The molecule has 1 aliphatic carbocycles. The third-order valence-corrected chi connectivity index (χ3v) is 3.37. The minimum atomic E-state index is -0.285. The maximum absolute atomic E-state index is 11.2. The molecule has 1 aromatic rings. The summed E-state index contributed by atoms with van der Waals surface area (Å²) in [5.74, 6) is 0. The third kappa shape index (κ3) is 1.23. The summed E-state index contributed by atoms with van der Waals surface area (Å²) >= 11 is 0. The monoisotopic (exact) mass is 203 g/mol. The number of fused-ring (bicyclic) bond motifs is 2. The normalized spacial score (nSPS) is 28.4. The summed E-state index contributed by atoms with van der Waals surface area (Å²) in [7, 11) is 0. The summed E-state index contributed by atoms with van der Waals surface area (Å²) in [6.07, 6.45) is 2.91. The number of alkyl carbamates (subject to hydrolysis) is 1. The quantitative estimate of drug-likeness (QED) is 0.700. The fourth-order valence-electron chi connectivity index (χ4n) is 2.66. The van der Waals surface area contributed by atoms with Crippen LogP contribution in [0.5, 0.6) is 0 Å². The largest absolute Gasteiger partial charge is 0.447 e. The van der Waals surface area contributed by atoms with Crippen LogP contribution in [0.15, 0.2) is 24.3 Å². The van der Waals surface area contributed by atoms with Crippen molar-refractivity contribution in [2.45, 2.75) is 24.8 Å². The number of carbonyl (C=O) groups excluding carboxylic acids is 1. The summed E-state index contributed by atoms with van der Waals surface area (Å²) in [6, 6.07) is 8.32. The van der Waals surface area contributed by atoms with Gasteiger partial charge in [0.25, 0.3) is 0 Å². The van der Waals surface area contributed by atoms with Crippen LogP contribution in [-0.4, -0.2) is 12.7 Å². The molecule has 0 radical (unpaired) electrons. The van der Waals surface area contributed by atoms with Gasteiger partial charge in [-0.15, -0.1) is 0 Å². The molecule has 1 amide bonds. The second-order valence-corrected chi connectivity index (χ2v) is 4.29. The Morgan fingerprint density at radius 2 is 2.20 bits per heavy atom. The van der Waals surface area contributed by atoms with Crippen molar-refractivity contribution < 1.29 is 9.53 Å². The smallest absolute Gasteiger partial charge is 0.408 e. The molecule has 1 saturated heterocycles. The van der Waals surface area contributed by atoms with Gasteiger partial charge in [0.15, 0.2) is 0 Å². The lowest BCUT2D eigenvalue weighted by molar-refractivity contribution is 0.170. The van der Waals surface area contributed by atoms with Crippen molar-refractivity contribution in [3.63, 3.8) is 0 Å². The van der Waals surface area contributed by atoms with Gasteiger partial charge in [-0.2, -0.15) is 0 Å². The van der Waals surface area contributed by atoms with Gasteiger partial charge in [0.1, 0.15) is 12.1 Å². The van der Waals surface area contributed by atoms with Crippen molar-refractivity contribution in [2.24, 2.45) is 0 Å². The van der Waals surface area contributed by atoms with E-state index in [9.17, 15) is 4.79 Å². The lowest BCUT2D eigenvalue weighted by atomic mass is 9.77. The van der Waals surface area contributed by atoms with Gasteiger partial charge in [-0.1, -0.05) is 24.3 Å². The molecular formula is C12H13NO2. The maximum Gasteiger partial charge on any atom is 0.408 e. The Bertz CT molecular complexity index is 416. The molecule has 1 N–H and O–H groups in total. The van der Waals surface area contributed by atoms with E-state index in [1.54, 1.807) is 0 Å². The molecule has 0 saturated carbocycles. The van der Waals surface area contributed by atoms with Gasteiger partial charge in [0.2, 0.25) is 0 Å². The van der Waals surface area contributed by atoms with Gasteiger partial charge in [-0.25, -0.2) is 4.79 Å². The predicted octanol–water partition coefficient (Wildman–Crippen LogP) is 1.96. The van der Waals surface area contributed by atoms with Crippen LogP contribution in [0.25, 0.3) is 0 Å². The lowest BCUT2D eigenvalue weighted by Gasteiger charge is -2.33. The molecule has 1 heterocycles. The Morgan fingerprint density at radius 3 is 3.00 bits per heavy atom. The van der Waals surface area contributed by atoms with E-state index in [0.29, 0.717) is 6.61 Å². The van der Waals surface area contributed by atoms with Crippen LogP contribution < -0.4 is 5.32 Å². The van der Waals surface area contributed by atoms with Crippen LogP contribution in [0.1, 0.15) is 24.0 Å². The third-order valence-electron chi connectivity index (χ3n) is 3.37. The molecule has 0 aromatic heterocycles. The van der Waals surface area contributed by atoms with Crippen molar-refractivity contribution in [1.82, 2.24) is 5.32 Å². The highest BCUT2D eigenvalue weighted by Crippen LogP contribution is 2.37. The van der Waals surface area contributed by atoms with Gasteiger partial charge in [0, 0.05) is 0 Å². The Kier molecular flexibility index (Phi) is 1.75. The van der Waals surface area contributed by atoms with E-state index in [-0.39, 0.29) is 11.6 Å². The number of carbonyl (C=O) groups is 1. The molecular weight excluding hydrogens is 190 g/mol. The van der Waals surface area contributed by atoms with Crippen LogP contribution >= 0.6 is 0 Å². The second-order valence-electron chi connectivity index (χ2n) is 4.29.